The minimum Gasteiger partial charge on any atom is -0.314 e. The molecule has 0 saturated carbocycles. The standard InChI is InChI=1S/C12H16N4S/c1-13-6-9-7-16(8-14-9)12-15-10-4-2-3-5-11(10)17-12/h7-8,13H,2-6H2,1H3. The molecule has 1 aliphatic carbocycles. The first-order valence-corrected chi connectivity index (χ1v) is 6.85. The van der Waals surface area contributed by atoms with Crippen LogP contribution in [0.1, 0.15) is 29.1 Å². The Morgan fingerprint density at radius 1 is 1.41 bits per heavy atom. The van der Waals surface area contributed by atoms with Crippen molar-refractivity contribution >= 4 is 11.3 Å². The number of aromatic nitrogens is 3. The van der Waals surface area contributed by atoms with Crippen molar-refractivity contribution < 1.29 is 0 Å². The summed E-state index contributed by atoms with van der Waals surface area (Å²) in [5.41, 5.74) is 2.36. The molecule has 0 aromatic carbocycles. The van der Waals surface area contributed by atoms with Crippen molar-refractivity contribution in [3.05, 3.63) is 28.8 Å². The highest BCUT2D eigenvalue weighted by molar-refractivity contribution is 7.14. The number of aryl methyl sites for hydroxylation is 2. The van der Waals surface area contributed by atoms with Crippen LogP contribution in [0.15, 0.2) is 12.5 Å². The molecule has 0 radical (unpaired) electrons. The zero-order valence-electron chi connectivity index (χ0n) is 9.94. The molecule has 0 atom stereocenters. The fourth-order valence-corrected chi connectivity index (χ4v) is 3.28. The van der Waals surface area contributed by atoms with Gasteiger partial charge in [0.2, 0.25) is 0 Å². The summed E-state index contributed by atoms with van der Waals surface area (Å²) in [5.74, 6) is 0. The average molecular weight is 248 g/mol. The Morgan fingerprint density at radius 2 is 2.29 bits per heavy atom. The molecule has 2 aromatic rings. The van der Waals surface area contributed by atoms with Crippen molar-refractivity contribution in [2.45, 2.75) is 32.2 Å². The van der Waals surface area contributed by atoms with Crippen LogP contribution in [0.2, 0.25) is 0 Å². The highest BCUT2D eigenvalue weighted by Gasteiger charge is 2.15. The third kappa shape index (κ3) is 2.12. The third-order valence-corrected chi connectivity index (χ3v) is 4.22. The number of imidazole rings is 1. The van der Waals surface area contributed by atoms with Gasteiger partial charge in [-0.3, -0.25) is 4.57 Å². The van der Waals surface area contributed by atoms with Crippen molar-refractivity contribution in [2.24, 2.45) is 0 Å². The van der Waals surface area contributed by atoms with Gasteiger partial charge in [0.25, 0.3) is 0 Å². The molecule has 0 saturated heterocycles. The van der Waals surface area contributed by atoms with E-state index in [2.05, 4.69) is 16.5 Å². The topological polar surface area (TPSA) is 42.7 Å². The van der Waals surface area contributed by atoms with Gasteiger partial charge in [-0.05, 0) is 32.7 Å². The second kappa shape index (κ2) is 4.58. The van der Waals surface area contributed by atoms with Crippen LogP contribution in [-0.4, -0.2) is 21.6 Å². The molecule has 0 bridgehead atoms. The summed E-state index contributed by atoms with van der Waals surface area (Å²) in [6.07, 6.45) is 8.85. The minimum absolute atomic E-state index is 0.804. The Bertz CT molecular complexity index is 491. The number of nitrogens with one attached hydrogen (secondary N) is 1. The minimum atomic E-state index is 0.804. The lowest BCUT2D eigenvalue weighted by Crippen LogP contribution is -2.04. The van der Waals surface area contributed by atoms with Crippen LogP contribution in [0.25, 0.3) is 5.13 Å². The molecule has 4 nitrogen and oxygen atoms in total. The van der Waals surface area contributed by atoms with Crippen LogP contribution in [0.3, 0.4) is 0 Å². The maximum atomic E-state index is 4.72. The van der Waals surface area contributed by atoms with E-state index in [-0.39, 0.29) is 0 Å². The molecule has 2 aromatic heterocycles. The normalized spacial score (nSPS) is 14.9. The van der Waals surface area contributed by atoms with Crippen LogP contribution in [0.4, 0.5) is 0 Å². The number of hydrogen-bond acceptors (Lipinski definition) is 4. The molecule has 1 aliphatic rings. The summed E-state index contributed by atoms with van der Waals surface area (Å²) in [6, 6.07) is 0. The molecule has 0 unspecified atom stereocenters. The van der Waals surface area contributed by atoms with Gasteiger partial charge in [-0.1, -0.05) is 0 Å². The van der Waals surface area contributed by atoms with Gasteiger partial charge in [0.15, 0.2) is 5.13 Å². The van der Waals surface area contributed by atoms with E-state index in [1.807, 2.05) is 29.3 Å². The highest BCUT2D eigenvalue weighted by atomic mass is 32.1. The smallest absolute Gasteiger partial charge is 0.195 e. The largest absolute Gasteiger partial charge is 0.314 e. The summed E-state index contributed by atoms with van der Waals surface area (Å²) in [5, 5.41) is 4.17. The van der Waals surface area contributed by atoms with E-state index in [9.17, 15) is 0 Å². The predicted octanol–water partition coefficient (Wildman–Crippen LogP) is 1.93. The van der Waals surface area contributed by atoms with Crippen molar-refractivity contribution in [1.29, 1.82) is 0 Å². The van der Waals surface area contributed by atoms with Gasteiger partial charge < -0.3 is 5.32 Å². The fraction of sp³-hybridized carbons (Fsp3) is 0.500. The molecule has 5 heteroatoms. The number of hydrogen-bond donors (Lipinski definition) is 1. The first kappa shape index (κ1) is 10.9. The van der Waals surface area contributed by atoms with Crippen molar-refractivity contribution in [2.75, 3.05) is 7.05 Å². The Kier molecular flexibility index (Phi) is 2.94. The van der Waals surface area contributed by atoms with Gasteiger partial charge in [0, 0.05) is 17.6 Å². The molecule has 0 amide bonds. The Hall–Kier alpha value is -1.20. The number of rotatable bonds is 3. The first-order chi connectivity index (χ1) is 8.36. The first-order valence-electron chi connectivity index (χ1n) is 6.03. The molecule has 1 N–H and O–H groups in total. The van der Waals surface area contributed by atoms with E-state index in [0.29, 0.717) is 0 Å². The van der Waals surface area contributed by atoms with E-state index >= 15 is 0 Å². The maximum absolute atomic E-state index is 4.72. The average Bonchev–Trinajstić information content (AvgIpc) is 2.94. The lowest BCUT2D eigenvalue weighted by Gasteiger charge is -2.06. The van der Waals surface area contributed by atoms with E-state index in [1.54, 1.807) is 0 Å². The summed E-state index contributed by atoms with van der Waals surface area (Å²) in [7, 11) is 1.93. The molecular formula is C12H16N4S. The second-order valence-corrected chi connectivity index (χ2v) is 5.44. The highest BCUT2D eigenvalue weighted by Crippen LogP contribution is 2.28. The molecule has 0 aliphatic heterocycles. The lowest BCUT2D eigenvalue weighted by atomic mass is 10.0. The van der Waals surface area contributed by atoms with Crippen LogP contribution in [-0.2, 0) is 19.4 Å². The van der Waals surface area contributed by atoms with Crippen LogP contribution in [0.5, 0.6) is 0 Å². The Balaban J connectivity index is 1.89. The predicted molar refractivity (Wildman–Crippen MR) is 68.6 cm³/mol. The van der Waals surface area contributed by atoms with Gasteiger partial charge in [0.05, 0.1) is 11.4 Å². The Morgan fingerprint density at radius 3 is 3.12 bits per heavy atom. The van der Waals surface area contributed by atoms with Crippen molar-refractivity contribution in [3.8, 4) is 5.13 Å². The van der Waals surface area contributed by atoms with Gasteiger partial charge in [-0.25, -0.2) is 9.97 Å². The quantitative estimate of drug-likeness (QED) is 0.902. The third-order valence-electron chi connectivity index (χ3n) is 3.05. The van der Waals surface area contributed by atoms with Gasteiger partial charge in [-0.15, -0.1) is 11.3 Å². The maximum Gasteiger partial charge on any atom is 0.195 e. The summed E-state index contributed by atoms with van der Waals surface area (Å²) in [6.45, 7) is 0.804. The second-order valence-electron chi connectivity index (χ2n) is 4.38. The van der Waals surface area contributed by atoms with Crippen molar-refractivity contribution in [3.63, 3.8) is 0 Å². The van der Waals surface area contributed by atoms with E-state index < -0.39 is 0 Å². The molecule has 17 heavy (non-hydrogen) atoms. The van der Waals surface area contributed by atoms with Crippen LogP contribution < -0.4 is 5.32 Å². The van der Waals surface area contributed by atoms with E-state index in [4.69, 9.17) is 4.98 Å². The SMILES string of the molecule is CNCc1cn(-c2nc3c(s2)CCCC3)cn1. The van der Waals surface area contributed by atoms with Gasteiger partial charge in [-0.2, -0.15) is 0 Å². The fourth-order valence-electron chi connectivity index (χ4n) is 2.19. The lowest BCUT2D eigenvalue weighted by molar-refractivity contribution is 0.681. The molecule has 0 spiro atoms. The zero-order chi connectivity index (χ0) is 11.7. The van der Waals surface area contributed by atoms with Crippen LogP contribution >= 0.6 is 11.3 Å². The van der Waals surface area contributed by atoms with Gasteiger partial charge in [0.1, 0.15) is 6.33 Å². The van der Waals surface area contributed by atoms with Crippen LogP contribution in [0, 0.1) is 0 Å². The summed E-state index contributed by atoms with van der Waals surface area (Å²) < 4.78 is 2.04. The molecule has 3 rings (SSSR count). The molecule has 0 fully saturated rings. The molecule has 90 valence electrons. The van der Waals surface area contributed by atoms with Crippen molar-refractivity contribution in [1.82, 2.24) is 19.9 Å². The summed E-state index contributed by atoms with van der Waals surface area (Å²) >= 11 is 1.81. The number of nitrogens with zero attached hydrogens (tertiary/aromatic N) is 3. The zero-order valence-corrected chi connectivity index (χ0v) is 10.8. The summed E-state index contributed by atoms with van der Waals surface area (Å²) in [4.78, 5) is 10.5. The van der Waals surface area contributed by atoms with E-state index in [1.165, 1.54) is 29.8 Å². The number of thiazole rings is 1. The van der Waals surface area contributed by atoms with E-state index in [0.717, 1.165) is 23.8 Å². The van der Waals surface area contributed by atoms with Gasteiger partial charge >= 0.3 is 0 Å². The Labute approximate surface area is 105 Å². The molecular weight excluding hydrogens is 232 g/mol. The monoisotopic (exact) mass is 248 g/mol. The number of fused-ring (bicyclic) bond motifs is 1. The molecule has 2 heterocycles.